The van der Waals surface area contributed by atoms with Gasteiger partial charge in [-0.1, -0.05) is 6.07 Å². The molecular formula is C14H18BNO2. The average molecular weight is 243 g/mol. The third kappa shape index (κ3) is 1.60. The molecule has 3 heterocycles. The molecule has 18 heavy (non-hydrogen) atoms. The highest BCUT2D eigenvalue weighted by atomic mass is 16.7. The zero-order valence-electron chi connectivity index (χ0n) is 11.3. The predicted octanol–water partition coefficient (Wildman–Crippen LogP) is 2.24. The van der Waals surface area contributed by atoms with E-state index in [2.05, 4.69) is 44.2 Å². The predicted molar refractivity (Wildman–Crippen MR) is 73.1 cm³/mol. The van der Waals surface area contributed by atoms with Gasteiger partial charge in [-0.25, -0.2) is 0 Å². The van der Waals surface area contributed by atoms with Gasteiger partial charge in [-0.15, -0.1) is 0 Å². The summed E-state index contributed by atoms with van der Waals surface area (Å²) in [5.74, 6) is 0. The standard InChI is InChI=1S/C14H18BNO2/c1-13(2)14(3,4)18-15(17-13)11-7-5-9-16-10-6-8-12(11)16/h5-10H,1-4H3. The minimum Gasteiger partial charge on any atom is -0.399 e. The van der Waals surface area contributed by atoms with Crippen LogP contribution in [0.5, 0.6) is 0 Å². The molecule has 0 aliphatic carbocycles. The Morgan fingerprint density at radius 1 is 0.944 bits per heavy atom. The topological polar surface area (TPSA) is 22.9 Å². The van der Waals surface area contributed by atoms with Crippen molar-refractivity contribution in [2.24, 2.45) is 0 Å². The second-order valence-corrected chi connectivity index (χ2v) is 5.85. The molecule has 94 valence electrons. The molecule has 3 nitrogen and oxygen atoms in total. The van der Waals surface area contributed by atoms with Crippen molar-refractivity contribution in [2.45, 2.75) is 38.9 Å². The first-order valence-corrected chi connectivity index (χ1v) is 6.32. The van der Waals surface area contributed by atoms with Crippen LogP contribution in [0.2, 0.25) is 0 Å². The van der Waals surface area contributed by atoms with Crippen molar-refractivity contribution < 1.29 is 9.31 Å². The lowest BCUT2D eigenvalue weighted by atomic mass is 9.79. The Kier molecular flexibility index (Phi) is 2.38. The van der Waals surface area contributed by atoms with Crippen molar-refractivity contribution in [1.29, 1.82) is 0 Å². The highest BCUT2D eigenvalue weighted by Gasteiger charge is 2.52. The molecule has 0 amide bonds. The summed E-state index contributed by atoms with van der Waals surface area (Å²) in [5.41, 5.74) is 1.63. The lowest BCUT2D eigenvalue weighted by Gasteiger charge is -2.32. The van der Waals surface area contributed by atoms with E-state index < -0.39 is 0 Å². The number of hydrogen-bond acceptors (Lipinski definition) is 2. The average Bonchev–Trinajstić information content (AvgIpc) is 2.81. The summed E-state index contributed by atoms with van der Waals surface area (Å²) >= 11 is 0. The Labute approximate surface area is 108 Å². The van der Waals surface area contributed by atoms with E-state index in [-0.39, 0.29) is 18.3 Å². The molecule has 1 aliphatic heterocycles. The van der Waals surface area contributed by atoms with Crippen molar-refractivity contribution in [3.05, 3.63) is 36.7 Å². The first kappa shape index (κ1) is 11.8. The van der Waals surface area contributed by atoms with Crippen molar-refractivity contribution in [2.75, 3.05) is 0 Å². The van der Waals surface area contributed by atoms with Gasteiger partial charge in [0.25, 0.3) is 0 Å². The number of fused-ring (bicyclic) bond motifs is 1. The first-order valence-electron chi connectivity index (χ1n) is 6.32. The fourth-order valence-corrected chi connectivity index (χ4v) is 2.26. The Bertz CT molecular complexity index is 572. The van der Waals surface area contributed by atoms with Gasteiger partial charge < -0.3 is 13.7 Å². The van der Waals surface area contributed by atoms with Crippen LogP contribution in [-0.2, 0) is 9.31 Å². The molecule has 3 rings (SSSR count). The van der Waals surface area contributed by atoms with Crippen LogP contribution in [0.25, 0.3) is 5.52 Å². The van der Waals surface area contributed by atoms with E-state index in [1.807, 2.05) is 24.5 Å². The molecule has 0 saturated carbocycles. The molecule has 0 atom stereocenters. The molecule has 0 spiro atoms. The Hall–Kier alpha value is -1.26. The third-order valence-electron chi connectivity index (χ3n) is 4.10. The van der Waals surface area contributed by atoms with Gasteiger partial charge in [0.05, 0.1) is 11.2 Å². The molecule has 1 saturated heterocycles. The minimum atomic E-state index is -0.298. The Balaban J connectivity index is 2.05. The van der Waals surface area contributed by atoms with Crippen LogP contribution in [0, 0.1) is 0 Å². The van der Waals surface area contributed by atoms with Gasteiger partial charge in [-0.2, -0.15) is 0 Å². The molecular weight excluding hydrogens is 225 g/mol. The number of pyridine rings is 1. The normalized spacial score (nSPS) is 21.7. The van der Waals surface area contributed by atoms with E-state index in [1.165, 1.54) is 0 Å². The lowest BCUT2D eigenvalue weighted by Crippen LogP contribution is -2.41. The van der Waals surface area contributed by atoms with E-state index >= 15 is 0 Å². The van der Waals surface area contributed by atoms with Crippen molar-refractivity contribution in [1.82, 2.24) is 4.40 Å². The largest absolute Gasteiger partial charge is 0.496 e. The molecule has 1 fully saturated rings. The fraction of sp³-hybridized carbons (Fsp3) is 0.429. The van der Waals surface area contributed by atoms with E-state index in [1.54, 1.807) is 0 Å². The molecule has 0 unspecified atom stereocenters. The van der Waals surface area contributed by atoms with E-state index in [4.69, 9.17) is 9.31 Å². The van der Waals surface area contributed by atoms with E-state index in [0.717, 1.165) is 11.0 Å². The van der Waals surface area contributed by atoms with Crippen LogP contribution >= 0.6 is 0 Å². The zero-order valence-corrected chi connectivity index (χ0v) is 11.3. The van der Waals surface area contributed by atoms with Crippen molar-refractivity contribution in [3.63, 3.8) is 0 Å². The monoisotopic (exact) mass is 243 g/mol. The number of nitrogens with zero attached hydrogens (tertiary/aromatic N) is 1. The van der Waals surface area contributed by atoms with E-state index in [0.29, 0.717) is 0 Å². The summed E-state index contributed by atoms with van der Waals surface area (Å²) in [6.07, 6.45) is 4.06. The van der Waals surface area contributed by atoms with Gasteiger partial charge in [0.2, 0.25) is 0 Å². The van der Waals surface area contributed by atoms with Crippen LogP contribution < -0.4 is 5.46 Å². The van der Waals surface area contributed by atoms with Crippen LogP contribution in [-0.4, -0.2) is 22.7 Å². The first-order chi connectivity index (χ1) is 8.41. The summed E-state index contributed by atoms with van der Waals surface area (Å²) in [5, 5.41) is 0. The summed E-state index contributed by atoms with van der Waals surface area (Å²) in [4.78, 5) is 0. The second kappa shape index (κ2) is 3.62. The summed E-state index contributed by atoms with van der Waals surface area (Å²) < 4.78 is 14.3. The maximum atomic E-state index is 6.09. The molecule has 0 aromatic carbocycles. The Morgan fingerprint density at radius 2 is 1.50 bits per heavy atom. The maximum absolute atomic E-state index is 6.09. The molecule has 2 aromatic rings. The summed E-state index contributed by atoms with van der Waals surface area (Å²) in [7, 11) is -0.298. The van der Waals surface area contributed by atoms with Crippen LogP contribution in [0.3, 0.4) is 0 Å². The maximum Gasteiger partial charge on any atom is 0.496 e. The number of hydrogen-bond donors (Lipinski definition) is 0. The van der Waals surface area contributed by atoms with Crippen molar-refractivity contribution in [3.8, 4) is 0 Å². The molecule has 4 heteroatoms. The minimum absolute atomic E-state index is 0.295. The van der Waals surface area contributed by atoms with Gasteiger partial charge in [-0.3, -0.25) is 0 Å². The molecule has 2 aromatic heterocycles. The summed E-state index contributed by atoms with van der Waals surface area (Å²) in [6.45, 7) is 8.30. The SMILES string of the molecule is CC1(C)OB(c2cccn3cccc23)OC1(C)C. The molecule has 0 N–H and O–H groups in total. The van der Waals surface area contributed by atoms with Gasteiger partial charge in [-0.05, 0) is 45.9 Å². The zero-order chi connectivity index (χ0) is 13.0. The van der Waals surface area contributed by atoms with Gasteiger partial charge in [0.1, 0.15) is 0 Å². The number of rotatable bonds is 1. The van der Waals surface area contributed by atoms with Gasteiger partial charge >= 0.3 is 7.12 Å². The fourth-order valence-electron chi connectivity index (χ4n) is 2.26. The van der Waals surface area contributed by atoms with Crippen LogP contribution in [0.1, 0.15) is 27.7 Å². The molecule has 0 bridgehead atoms. The highest BCUT2D eigenvalue weighted by molar-refractivity contribution is 6.64. The second-order valence-electron chi connectivity index (χ2n) is 5.85. The van der Waals surface area contributed by atoms with Crippen LogP contribution in [0.15, 0.2) is 36.7 Å². The summed E-state index contributed by atoms with van der Waals surface area (Å²) in [6, 6.07) is 8.20. The molecule has 1 aliphatic rings. The third-order valence-corrected chi connectivity index (χ3v) is 4.10. The molecule has 0 radical (unpaired) electrons. The Morgan fingerprint density at radius 3 is 2.11 bits per heavy atom. The smallest absolute Gasteiger partial charge is 0.399 e. The van der Waals surface area contributed by atoms with E-state index in [9.17, 15) is 0 Å². The van der Waals surface area contributed by atoms with Gasteiger partial charge in [0, 0.05) is 23.4 Å². The van der Waals surface area contributed by atoms with Crippen LogP contribution in [0.4, 0.5) is 0 Å². The van der Waals surface area contributed by atoms with Gasteiger partial charge in [0.15, 0.2) is 0 Å². The highest BCUT2D eigenvalue weighted by Crippen LogP contribution is 2.36. The number of aromatic nitrogens is 1. The lowest BCUT2D eigenvalue weighted by molar-refractivity contribution is 0.00578. The quantitative estimate of drug-likeness (QED) is 0.717. The van der Waals surface area contributed by atoms with Crippen molar-refractivity contribution >= 4 is 18.1 Å².